The van der Waals surface area contributed by atoms with E-state index in [0.29, 0.717) is 42.7 Å². The third kappa shape index (κ3) is 5.52. The molecular formula is C32H33N11O4. The Morgan fingerprint density at radius 1 is 1.09 bits per heavy atom. The van der Waals surface area contributed by atoms with Gasteiger partial charge in [0.15, 0.2) is 11.6 Å². The van der Waals surface area contributed by atoms with Gasteiger partial charge in [0.05, 0.1) is 30.3 Å². The monoisotopic (exact) mass is 635 g/mol. The van der Waals surface area contributed by atoms with Crippen LogP contribution in [0.5, 0.6) is 0 Å². The van der Waals surface area contributed by atoms with Crippen LogP contribution in [0.1, 0.15) is 24.0 Å². The van der Waals surface area contributed by atoms with E-state index in [1.54, 1.807) is 23.7 Å². The molecule has 0 radical (unpaired) electrons. The second kappa shape index (κ2) is 11.9. The van der Waals surface area contributed by atoms with Crippen LogP contribution in [0.25, 0.3) is 10.9 Å². The lowest BCUT2D eigenvalue weighted by molar-refractivity contribution is -0.120. The third-order valence-electron chi connectivity index (χ3n) is 8.95. The molecule has 2 atom stereocenters. The summed E-state index contributed by atoms with van der Waals surface area (Å²) in [6.45, 7) is 1.45. The number of nitrogens with zero attached hydrogens (tertiary/aromatic N) is 8. The molecule has 0 saturated carbocycles. The number of fused-ring (bicyclic) bond motifs is 2. The molecule has 0 unspecified atom stereocenters. The Morgan fingerprint density at radius 3 is 2.70 bits per heavy atom. The van der Waals surface area contributed by atoms with E-state index < -0.39 is 6.03 Å². The maximum absolute atomic E-state index is 12.5. The highest BCUT2D eigenvalue weighted by molar-refractivity contribution is 6.09. The highest BCUT2D eigenvalue weighted by Crippen LogP contribution is 2.33. The van der Waals surface area contributed by atoms with Gasteiger partial charge in [0.25, 0.3) is 0 Å². The summed E-state index contributed by atoms with van der Waals surface area (Å²) in [7, 11) is 5.26. The Kier molecular flexibility index (Phi) is 7.57. The fourth-order valence-electron chi connectivity index (χ4n) is 6.40. The van der Waals surface area contributed by atoms with Crippen LogP contribution in [0.4, 0.5) is 39.4 Å². The van der Waals surface area contributed by atoms with E-state index in [1.165, 1.54) is 11.1 Å². The molecule has 2 fully saturated rings. The minimum atomic E-state index is -0.471. The van der Waals surface area contributed by atoms with Crippen LogP contribution in [-0.2, 0) is 27.8 Å². The zero-order valence-electron chi connectivity index (χ0n) is 26.1. The van der Waals surface area contributed by atoms with Crippen molar-refractivity contribution in [3.63, 3.8) is 0 Å². The molecule has 3 N–H and O–H groups in total. The Labute approximate surface area is 270 Å². The van der Waals surface area contributed by atoms with Gasteiger partial charge in [-0.1, -0.05) is 0 Å². The molecule has 15 nitrogen and oxygen atoms in total. The molecular weight excluding hydrogens is 602 g/mol. The van der Waals surface area contributed by atoms with Gasteiger partial charge in [-0.25, -0.2) is 9.78 Å². The van der Waals surface area contributed by atoms with E-state index in [1.807, 2.05) is 48.3 Å². The summed E-state index contributed by atoms with van der Waals surface area (Å²) in [6, 6.07) is 13.2. The third-order valence-corrected chi connectivity index (χ3v) is 8.95. The van der Waals surface area contributed by atoms with Crippen molar-refractivity contribution >= 4 is 63.4 Å². The van der Waals surface area contributed by atoms with Crippen LogP contribution in [0.2, 0.25) is 0 Å². The predicted molar refractivity (Wildman–Crippen MR) is 175 cm³/mol. The van der Waals surface area contributed by atoms with Crippen molar-refractivity contribution in [2.45, 2.75) is 31.4 Å². The zero-order chi connectivity index (χ0) is 32.8. The smallest absolute Gasteiger partial charge is 0.329 e. The first kappa shape index (κ1) is 29.9. The quantitative estimate of drug-likeness (QED) is 0.272. The van der Waals surface area contributed by atoms with Crippen molar-refractivity contribution < 1.29 is 19.1 Å². The second-order valence-corrected chi connectivity index (χ2v) is 11.8. The van der Waals surface area contributed by atoms with Crippen LogP contribution in [0.15, 0.2) is 42.6 Å². The average Bonchev–Trinajstić information content (AvgIpc) is 3.54. The summed E-state index contributed by atoms with van der Waals surface area (Å²) in [5.41, 5.74) is 4.57. The van der Waals surface area contributed by atoms with E-state index in [2.05, 4.69) is 32.1 Å². The molecule has 0 spiro atoms. The minimum Gasteiger partial charge on any atom is -0.379 e. The topological polar surface area (TPSA) is 174 Å². The number of methoxy groups -OCH3 is 1. The van der Waals surface area contributed by atoms with Crippen molar-refractivity contribution in [1.82, 2.24) is 25.1 Å². The van der Waals surface area contributed by atoms with Gasteiger partial charge in [0.1, 0.15) is 11.6 Å². The lowest BCUT2D eigenvalue weighted by Gasteiger charge is -2.38. The SMILES string of the molecule is CO[C@@H]1CN(c2ncc(C#N)c(Nc3ccc4c(c3)CC(=O)N4C)n2)CC[C@H]1Nc1ccc2c(N3CCC(=O)NC3=O)nn(C)c2c1. The van der Waals surface area contributed by atoms with Gasteiger partial charge in [0.2, 0.25) is 17.8 Å². The molecule has 0 aliphatic carbocycles. The first-order valence-corrected chi connectivity index (χ1v) is 15.3. The number of nitriles is 1. The molecule has 0 bridgehead atoms. The second-order valence-electron chi connectivity index (χ2n) is 11.8. The van der Waals surface area contributed by atoms with Gasteiger partial charge in [-0.3, -0.25) is 24.5 Å². The normalized spacial score (nSPS) is 19.5. The number of urea groups is 1. The maximum Gasteiger partial charge on any atom is 0.329 e. The summed E-state index contributed by atoms with van der Waals surface area (Å²) in [6.07, 6.45) is 2.61. The lowest BCUT2D eigenvalue weighted by Crippen LogP contribution is -2.51. The maximum atomic E-state index is 12.5. The summed E-state index contributed by atoms with van der Waals surface area (Å²) < 4.78 is 7.65. The number of carbonyl (C=O) groups is 3. The highest BCUT2D eigenvalue weighted by atomic mass is 16.5. The van der Waals surface area contributed by atoms with Crippen molar-refractivity contribution in [1.29, 1.82) is 5.26 Å². The standard InChI is InChI=1S/C32H33N11O4/c1-40-24-7-5-20(12-18(24)13-28(40)45)36-29-19(15-33)16-34-31(38-29)42-10-8-23(26(17-42)47-3)35-21-4-6-22-25(14-21)41(2)39-30(22)43-11-9-27(44)37-32(43)46/h4-7,12,14,16,23,26,35H,8-11,13,17H2,1-3H3,(H,34,36,38)(H,37,44,46)/t23-,26-/m1/s1. The molecule has 7 rings (SSSR count). The fourth-order valence-corrected chi connectivity index (χ4v) is 6.40. The van der Waals surface area contributed by atoms with Gasteiger partial charge in [-0.05, 0) is 48.4 Å². The Hall–Kier alpha value is -5.75. The van der Waals surface area contributed by atoms with Gasteiger partial charge in [-0.2, -0.15) is 15.3 Å². The fraction of sp³-hybridized carbons (Fsp3) is 0.344. The molecule has 240 valence electrons. The van der Waals surface area contributed by atoms with E-state index in [4.69, 9.17) is 9.72 Å². The molecule has 2 saturated heterocycles. The molecule has 2 aromatic carbocycles. The summed E-state index contributed by atoms with van der Waals surface area (Å²) in [5, 5.41) is 24.4. The number of hydrogen-bond donors (Lipinski definition) is 3. The van der Waals surface area contributed by atoms with E-state index in [-0.39, 0.29) is 36.9 Å². The van der Waals surface area contributed by atoms with Gasteiger partial charge in [0, 0.05) is 69.7 Å². The van der Waals surface area contributed by atoms with E-state index >= 15 is 0 Å². The number of nitrogens with one attached hydrogen (secondary N) is 3. The van der Waals surface area contributed by atoms with Crippen molar-refractivity contribution in [3.05, 3.63) is 53.7 Å². The molecule has 15 heteroatoms. The summed E-state index contributed by atoms with van der Waals surface area (Å²) in [5.74, 6) is 1.14. The number of benzene rings is 2. The minimum absolute atomic E-state index is 0.0106. The number of imide groups is 1. The average molecular weight is 636 g/mol. The lowest BCUT2D eigenvalue weighted by atomic mass is 10.0. The number of aromatic nitrogens is 4. The van der Waals surface area contributed by atoms with Crippen LogP contribution in [0, 0.1) is 11.3 Å². The first-order valence-electron chi connectivity index (χ1n) is 15.3. The number of rotatable bonds is 7. The highest BCUT2D eigenvalue weighted by Gasteiger charge is 2.32. The van der Waals surface area contributed by atoms with Gasteiger partial charge >= 0.3 is 6.03 Å². The van der Waals surface area contributed by atoms with Crippen molar-refractivity contribution in [3.8, 4) is 6.07 Å². The zero-order valence-corrected chi connectivity index (χ0v) is 26.1. The predicted octanol–water partition coefficient (Wildman–Crippen LogP) is 2.65. The molecule has 3 aliphatic heterocycles. The number of amides is 4. The van der Waals surface area contributed by atoms with Crippen LogP contribution < -0.4 is 30.7 Å². The molecule has 2 aromatic heterocycles. The number of ether oxygens (including phenoxy) is 1. The number of likely N-dealkylation sites (N-methyl/N-ethyl adjacent to an activating group) is 1. The first-order chi connectivity index (χ1) is 22.7. The molecule has 3 aliphatic rings. The van der Waals surface area contributed by atoms with E-state index in [0.717, 1.165) is 39.9 Å². The van der Waals surface area contributed by atoms with Crippen LogP contribution >= 0.6 is 0 Å². The Balaban J connectivity index is 1.06. The van der Waals surface area contributed by atoms with Gasteiger partial charge < -0.3 is 25.2 Å². The molecule has 5 heterocycles. The van der Waals surface area contributed by atoms with Crippen molar-refractivity contribution in [2.24, 2.45) is 7.05 Å². The molecule has 4 amide bonds. The summed E-state index contributed by atoms with van der Waals surface area (Å²) >= 11 is 0. The molecule has 47 heavy (non-hydrogen) atoms. The van der Waals surface area contributed by atoms with Crippen LogP contribution in [-0.4, -0.2) is 83.5 Å². The number of piperidine rings is 1. The van der Waals surface area contributed by atoms with Crippen molar-refractivity contribution in [2.75, 3.05) is 59.1 Å². The Bertz CT molecular complexity index is 1970. The van der Waals surface area contributed by atoms with Gasteiger partial charge in [-0.15, -0.1) is 0 Å². The number of aryl methyl sites for hydroxylation is 1. The Morgan fingerprint density at radius 2 is 1.91 bits per heavy atom. The number of anilines is 6. The number of carbonyl (C=O) groups excluding carboxylic acids is 3. The largest absolute Gasteiger partial charge is 0.379 e. The molecule has 4 aromatic rings. The summed E-state index contributed by atoms with van der Waals surface area (Å²) in [4.78, 5) is 50.6. The van der Waals surface area contributed by atoms with Crippen LogP contribution in [0.3, 0.4) is 0 Å². The number of hydrogen-bond acceptors (Lipinski definition) is 11. The van der Waals surface area contributed by atoms with E-state index in [9.17, 15) is 19.6 Å².